The summed E-state index contributed by atoms with van der Waals surface area (Å²) in [7, 11) is -3.66. The number of halogens is 2. The van der Waals surface area contributed by atoms with E-state index in [1.54, 1.807) is 13.8 Å². The second kappa shape index (κ2) is 6.83. The molecule has 0 atom stereocenters. The summed E-state index contributed by atoms with van der Waals surface area (Å²) in [6, 6.07) is 4.29. The molecule has 0 saturated carbocycles. The van der Waals surface area contributed by atoms with Crippen molar-refractivity contribution in [2.24, 2.45) is 0 Å². The van der Waals surface area contributed by atoms with Crippen LogP contribution in [-0.2, 0) is 10.0 Å². The van der Waals surface area contributed by atoms with Gasteiger partial charge in [-0.1, -0.05) is 41.4 Å². The normalized spacial score (nSPS) is 11.8. The lowest BCUT2D eigenvalue weighted by Crippen LogP contribution is -2.31. The zero-order chi connectivity index (χ0) is 14.6. The average Bonchev–Trinajstić information content (AvgIpc) is 2.39. The Kier molecular flexibility index (Phi) is 5.98. The summed E-state index contributed by atoms with van der Waals surface area (Å²) in [6.07, 6.45) is 0. The Bertz CT molecular complexity index is 570. The van der Waals surface area contributed by atoms with Crippen LogP contribution in [0.25, 0.3) is 0 Å². The number of sulfonamides is 1. The van der Waals surface area contributed by atoms with Crippen LogP contribution < -0.4 is 0 Å². The molecule has 0 fully saturated rings. The Morgan fingerprint density at radius 3 is 2.37 bits per heavy atom. The third kappa shape index (κ3) is 3.56. The van der Waals surface area contributed by atoms with Crippen LogP contribution in [0.3, 0.4) is 0 Å². The van der Waals surface area contributed by atoms with E-state index in [0.717, 1.165) is 0 Å². The zero-order valence-corrected chi connectivity index (χ0v) is 13.8. The summed E-state index contributed by atoms with van der Waals surface area (Å²) < 4.78 is 26.1. The van der Waals surface area contributed by atoms with Crippen LogP contribution in [-0.4, -0.2) is 36.9 Å². The lowest BCUT2D eigenvalue weighted by molar-refractivity contribution is 0.102. The van der Waals surface area contributed by atoms with Gasteiger partial charge >= 0.3 is 0 Å². The number of Topliss-reactive ketones (excluding diaryl/α,β-unsaturated/α-hetero) is 1. The first kappa shape index (κ1) is 16.6. The van der Waals surface area contributed by atoms with Crippen LogP contribution >= 0.6 is 27.5 Å². The maximum atomic E-state index is 12.4. The molecule has 0 unspecified atom stereocenters. The Labute approximate surface area is 126 Å². The highest BCUT2D eigenvalue weighted by Crippen LogP contribution is 2.26. The van der Waals surface area contributed by atoms with E-state index in [4.69, 9.17) is 11.6 Å². The molecule has 4 nitrogen and oxygen atoms in total. The molecule has 0 heterocycles. The Morgan fingerprint density at radius 2 is 1.89 bits per heavy atom. The molecule has 1 rings (SSSR count). The van der Waals surface area contributed by atoms with Gasteiger partial charge in [-0.25, -0.2) is 8.42 Å². The summed E-state index contributed by atoms with van der Waals surface area (Å²) in [5, 5.41) is 0.261. The molecule has 0 spiro atoms. The fraction of sp³-hybridized carbons (Fsp3) is 0.417. The molecular weight excluding hydrogens is 354 g/mol. The third-order valence-corrected chi connectivity index (χ3v) is 5.74. The van der Waals surface area contributed by atoms with E-state index in [1.165, 1.54) is 22.5 Å². The van der Waals surface area contributed by atoms with Crippen molar-refractivity contribution in [3.05, 3.63) is 28.8 Å². The maximum Gasteiger partial charge on any atom is 0.244 e. The molecule has 0 N–H and O–H groups in total. The second-order valence-electron chi connectivity index (χ2n) is 3.79. The van der Waals surface area contributed by atoms with Crippen molar-refractivity contribution in [2.75, 3.05) is 18.4 Å². The molecule has 19 heavy (non-hydrogen) atoms. The molecule has 0 amide bonds. The molecule has 7 heteroatoms. The van der Waals surface area contributed by atoms with Gasteiger partial charge in [0, 0.05) is 18.7 Å². The second-order valence-corrected chi connectivity index (χ2v) is 6.67. The first-order valence-electron chi connectivity index (χ1n) is 5.77. The standard InChI is InChI=1S/C12H15BrClNO3S/c1-3-15(4-2)19(17,18)12-7-9(11(16)8-13)5-6-10(12)14/h5-7H,3-4,8H2,1-2H3. The number of hydrogen-bond donors (Lipinski definition) is 0. The predicted molar refractivity (Wildman–Crippen MR) is 79.7 cm³/mol. The van der Waals surface area contributed by atoms with E-state index in [1.807, 2.05) is 0 Å². The first-order chi connectivity index (χ1) is 8.88. The minimum absolute atomic E-state index is 0.0235. The number of carbonyl (C=O) groups is 1. The summed E-state index contributed by atoms with van der Waals surface area (Å²) in [4.78, 5) is 11.6. The van der Waals surface area contributed by atoms with Crippen LogP contribution in [0, 0.1) is 0 Å². The van der Waals surface area contributed by atoms with Crippen molar-refractivity contribution in [1.82, 2.24) is 4.31 Å². The molecular formula is C12H15BrClNO3S. The van der Waals surface area contributed by atoms with E-state index in [9.17, 15) is 13.2 Å². The number of nitrogens with zero attached hydrogens (tertiary/aromatic N) is 1. The molecule has 1 aromatic carbocycles. The highest BCUT2D eigenvalue weighted by atomic mass is 79.9. The molecule has 0 bridgehead atoms. The number of carbonyl (C=O) groups excluding carboxylic acids is 1. The Balaban J connectivity index is 3.37. The number of alkyl halides is 1. The van der Waals surface area contributed by atoms with Crippen LogP contribution in [0.5, 0.6) is 0 Å². The van der Waals surface area contributed by atoms with Crippen molar-refractivity contribution in [3.63, 3.8) is 0 Å². The quantitative estimate of drug-likeness (QED) is 0.573. The fourth-order valence-corrected chi connectivity index (χ4v) is 3.94. The van der Waals surface area contributed by atoms with Gasteiger partial charge in [0.15, 0.2) is 5.78 Å². The van der Waals surface area contributed by atoms with Gasteiger partial charge in [0.05, 0.1) is 10.4 Å². The lowest BCUT2D eigenvalue weighted by atomic mass is 10.1. The summed E-state index contributed by atoms with van der Waals surface area (Å²) in [5.74, 6) is -0.187. The van der Waals surface area contributed by atoms with E-state index in [0.29, 0.717) is 18.7 Å². The molecule has 0 aliphatic rings. The molecule has 0 aliphatic carbocycles. The lowest BCUT2D eigenvalue weighted by Gasteiger charge is -2.19. The van der Waals surface area contributed by atoms with Gasteiger partial charge in [-0.15, -0.1) is 0 Å². The minimum Gasteiger partial charge on any atom is -0.293 e. The Morgan fingerprint density at radius 1 is 1.32 bits per heavy atom. The van der Waals surface area contributed by atoms with Gasteiger partial charge in [0.2, 0.25) is 10.0 Å². The minimum atomic E-state index is -3.66. The number of hydrogen-bond acceptors (Lipinski definition) is 3. The van der Waals surface area contributed by atoms with Crippen LogP contribution in [0.2, 0.25) is 5.02 Å². The summed E-state index contributed by atoms with van der Waals surface area (Å²) in [6.45, 7) is 4.21. The van der Waals surface area contributed by atoms with Crippen molar-refractivity contribution in [2.45, 2.75) is 18.7 Å². The summed E-state index contributed by atoms with van der Waals surface area (Å²) >= 11 is 9.02. The highest BCUT2D eigenvalue weighted by Gasteiger charge is 2.25. The Hall–Kier alpha value is -0.430. The van der Waals surface area contributed by atoms with E-state index in [-0.39, 0.29) is 21.0 Å². The number of benzene rings is 1. The van der Waals surface area contributed by atoms with Crippen molar-refractivity contribution < 1.29 is 13.2 Å². The van der Waals surface area contributed by atoms with Crippen molar-refractivity contribution in [1.29, 1.82) is 0 Å². The van der Waals surface area contributed by atoms with E-state index < -0.39 is 10.0 Å². The van der Waals surface area contributed by atoms with Crippen LogP contribution in [0.4, 0.5) is 0 Å². The summed E-state index contributed by atoms with van der Waals surface area (Å²) in [5.41, 5.74) is 0.326. The smallest absolute Gasteiger partial charge is 0.244 e. The SMILES string of the molecule is CCN(CC)S(=O)(=O)c1cc(C(=O)CBr)ccc1Cl. The van der Waals surface area contributed by atoms with Gasteiger partial charge in [0.25, 0.3) is 0 Å². The van der Waals surface area contributed by atoms with Crippen molar-refractivity contribution in [3.8, 4) is 0 Å². The van der Waals surface area contributed by atoms with Gasteiger partial charge < -0.3 is 0 Å². The first-order valence-corrected chi connectivity index (χ1v) is 8.71. The van der Waals surface area contributed by atoms with Gasteiger partial charge in [-0.3, -0.25) is 4.79 Å². The van der Waals surface area contributed by atoms with Crippen LogP contribution in [0.15, 0.2) is 23.1 Å². The molecule has 0 saturated heterocycles. The number of rotatable bonds is 6. The predicted octanol–water partition coefficient (Wildman–Crippen LogP) is 2.95. The molecule has 0 aliphatic heterocycles. The van der Waals surface area contributed by atoms with Gasteiger partial charge in [0.1, 0.15) is 4.90 Å². The molecule has 106 valence electrons. The topological polar surface area (TPSA) is 54.5 Å². The molecule has 0 radical (unpaired) electrons. The zero-order valence-electron chi connectivity index (χ0n) is 10.7. The largest absolute Gasteiger partial charge is 0.293 e. The van der Waals surface area contributed by atoms with Crippen molar-refractivity contribution >= 4 is 43.3 Å². The van der Waals surface area contributed by atoms with Crippen LogP contribution in [0.1, 0.15) is 24.2 Å². The van der Waals surface area contributed by atoms with Gasteiger partial charge in [-0.2, -0.15) is 4.31 Å². The molecule has 1 aromatic rings. The van der Waals surface area contributed by atoms with E-state index >= 15 is 0 Å². The monoisotopic (exact) mass is 367 g/mol. The average molecular weight is 369 g/mol. The highest BCUT2D eigenvalue weighted by molar-refractivity contribution is 9.09. The molecule has 0 aromatic heterocycles. The van der Waals surface area contributed by atoms with Gasteiger partial charge in [-0.05, 0) is 18.2 Å². The number of ketones is 1. The fourth-order valence-electron chi connectivity index (χ4n) is 1.65. The maximum absolute atomic E-state index is 12.4. The third-order valence-electron chi connectivity index (χ3n) is 2.70. The van der Waals surface area contributed by atoms with E-state index in [2.05, 4.69) is 15.9 Å².